The second-order valence-electron chi connectivity index (χ2n) is 5.37. The molecule has 1 unspecified atom stereocenters. The summed E-state index contributed by atoms with van der Waals surface area (Å²) in [5, 5.41) is 17.2. The van der Waals surface area contributed by atoms with Gasteiger partial charge in [0.15, 0.2) is 0 Å². The molecule has 2 N–H and O–H groups in total. The number of nitrogens with one attached hydrogen (secondary N) is 2. The Morgan fingerprint density at radius 3 is 2.78 bits per heavy atom. The van der Waals surface area contributed by atoms with E-state index in [0.29, 0.717) is 10.9 Å². The molecule has 2 heterocycles. The molecule has 0 saturated carbocycles. The van der Waals surface area contributed by atoms with Gasteiger partial charge in [-0.25, -0.2) is 5.10 Å². The Kier molecular flexibility index (Phi) is 3.83. The standard InChI is InChI=1S/C14H15N7O2/c1-8(2)11(12(22)17-14-15-7-16-19-14)21-13(23)9-5-3-4-6-10(9)18-20-21/h3-8,11H,1-2H3,(H2,15,16,17,19,22). The predicted octanol–water partition coefficient (Wildman–Crippen LogP) is 0.745. The first-order valence-corrected chi connectivity index (χ1v) is 7.08. The molecule has 9 heteroatoms. The lowest BCUT2D eigenvalue weighted by Gasteiger charge is -2.20. The fourth-order valence-corrected chi connectivity index (χ4v) is 2.34. The number of H-pyrrole nitrogens is 1. The molecular formula is C14H15N7O2. The Morgan fingerprint density at radius 1 is 1.30 bits per heavy atom. The summed E-state index contributed by atoms with van der Waals surface area (Å²) in [4.78, 5) is 29.0. The molecule has 0 aliphatic rings. The highest BCUT2D eigenvalue weighted by Gasteiger charge is 2.28. The first-order chi connectivity index (χ1) is 11.1. The van der Waals surface area contributed by atoms with Gasteiger partial charge in [0.2, 0.25) is 5.95 Å². The highest BCUT2D eigenvalue weighted by Crippen LogP contribution is 2.17. The van der Waals surface area contributed by atoms with Crippen LogP contribution in [0.2, 0.25) is 0 Å². The number of carbonyl (C=O) groups excluding carboxylic acids is 1. The summed E-state index contributed by atoms with van der Waals surface area (Å²) >= 11 is 0. The molecule has 3 aromatic rings. The van der Waals surface area contributed by atoms with Crippen molar-refractivity contribution in [1.82, 2.24) is 30.2 Å². The highest BCUT2D eigenvalue weighted by atomic mass is 16.2. The summed E-state index contributed by atoms with van der Waals surface area (Å²) in [7, 11) is 0. The molecule has 0 aliphatic carbocycles. The van der Waals surface area contributed by atoms with Crippen LogP contribution >= 0.6 is 0 Å². The summed E-state index contributed by atoms with van der Waals surface area (Å²) in [5.74, 6) is -0.378. The van der Waals surface area contributed by atoms with Crippen LogP contribution in [0.3, 0.4) is 0 Å². The van der Waals surface area contributed by atoms with E-state index in [0.717, 1.165) is 4.68 Å². The maximum atomic E-state index is 12.6. The van der Waals surface area contributed by atoms with Gasteiger partial charge in [-0.3, -0.25) is 14.9 Å². The van der Waals surface area contributed by atoms with E-state index in [2.05, 4.69) is 30.8 Å². The van der Waals surface area contributed by atoms with Crippen molar-refractivity contribution in [1.29, 1.82) is 0 Å². The number of carbonyl (C=O) groups is 1. The largest absolute Gasteiger partial charge is 0.293 e. The molecule has 0 aliphatic heterocycles. The van der Waals surface area contributed by atoms with E-state index < -0.39 is 11.9 Å². The number of amides is 1. The van der Waals surface area contributed by atoms with E-state index in [4.69, 9.17) is 0 Å². The Labute approximate surface area is 130 Å². The van der Waals surface area contributed by atoms with Gasteiger partial charge in [0.25, 0.3) is 11.5 Å². The third-order valence-electron chi connectivity index (χ3n) is 3.41. The average Bonchev–Trinajstić information content (AvgIpc) is 3.02. The van der Waals surface area contributed by atoms with Crippen LogP contribution in [-0.2, 0) is 4.79 Å². The Morgan fingerprint density at radius 2 is 2.09 bits per heavy atom. The fourth-order valence-electron chi connectivity index (χ4n) is 2.34. The predicted molar refractivity (Wildman–Crippen MR) is 82.7 cm³/mol. The van der Waals surface area contributed by atoms with Gasteiger partial charge in [0, 0.05) is 0 Å². The lowest BCUT2D eigenvalue weighted by atomic mass is 10.0. The van der Waals surface area contributed by atoms with Gasteiger partial charge in [-0.15, -0.1) is 5.10 Å². The third-order valence-corrected chi connectivity index (χ3v) is 3.41. The van der Waals surface area contributed by atoms with E-state index in [9.17, 15) is 9.59 Å². The highest BCUT2D eigenvalue weighted by molar-refractivity contribution is 5.92. The van der Waals surface area contributed by atoms with Crippen LogP contribution < -0.4 is 10.9 Å². The molecule has 118 valence electrons. The van der Waals surface area contributed by atoms with E-state index in [-0.39, 0.29) is 17.4 Å². The summed E-state index contributed by atoms with van der Waals surface area (Å²) in [5.41, 5.74) is 0.133. The van der Waals surface area contributed by atoms with Crippen LogP contribution in [0.4, 0.5) is 5.95 Å². The monoisotopic (exact) mass is 313 g/mol. The van der Waals surface area contributed by atoms with E-state index in [1.807, 2.05) is 13.8 Å². The lowest BCUT2D eigenvalue weighted by molar-refractivity contribution is -0.120. The maximum Gasteiger partial charge on any atom is 0.278 e. The van der Waals surface area contributed by atoms with Gasteiger partial charge in [-0.1, -0.05) is 31.2 Å². The van der Waals surface area contributed by atoms with Crippen LogP contribution in [0.15, 0.2) is 35.4 Å². The van der Waals surface area contributed by atoms with Gasteiger partial charge in [-0.05, 0) is 18.1 Å². The van der Waals surface area contributed by atoms with E-state index >= 15 is 0 Å². The number of hydrogen-bond acceptors (Lipinski definition) is 6. The van der Waals surface area contributed by atoms with Crippen LogP contribution in [0.5, 0.6) is 0 Å². The summed E-state index contributed by atoms with van der Waals surface area (Å²) < 4.78 is 1.11. The fraction of sp³-hybridized carbons (Fsp3) is 0.286. The smallest absolute Gasteiger partial charge is 0.278 e. The Hall–Kier alpha value is -3.10. The normalized spacial score (nSPS) is 12.5. The molecule has 23 heavy (non-hydrogen) atoms. The molecule has 1 amide bonds. The van der Waals surface area contributed by atoms with Crippen molar-refractivity contribution in [3.8, 4) is 0 Å². The van der Waals surface area contributed by atoms with Crippen molar-refractivity contribution in [2.45, 2.75) is 19.9 Å². The number of nitrogens with zero attached hydrogens (tertiary/aromatic N) is 5. The summed E-state index contributed by atoms with van der Waals surface area (Å²) in [6, 6.07) is 6.07. The number of benzene rings is 1. The molecule has 0 radical (unpaired) electrons. The molecule has 0 spiro atoms. The van der Waals surface area contributed by atoms with Crippen LogP contribution in [0, 0.1) is 5.92 Å². The van der Waals surface area contributed by atoms with Gasteiger partial charge in [0.05, 0.1) is 5.39 Å². The molecule has 1 atom stereocenters. The zero-order valence-corrected chi connectivity index (χ0v) is 12.6. The number of hydrogen-bond donors (Lipinski definition) is 2. The Bertz CT molecular complexity index is 886. The Balaban J connectivity index is 2.03. The topological polar surface area (TPSA) is 118 Å². The first kappa shape index (κ1) is 14.8. The molecule has 2 aromatic heterocycles. The first-order valence-electron chi connectivity index (χ1n) is 7.08. The van der Waals surface area contributed by atoms with Crippen molar-refractivity contribution in [2.24, 2.45) is 5.92 Å². The van der Waals surface area contributed by atoms with Gasteiger partial charge in [0.1, 0.15) is 17.9 Å². The minimum Gasteiger partial charge on any atom is -0.293 e. The van der Waals surface area contributed by atoms with Crippen molar-refractivity contribution < 1.29 is 4.79 Å². The van der Waals surface area contributed by atoms with E-state index in [1.54, 1.807) is 24.3 Å². The average molecular weight is 313 g/mol. The van der Waals surface area contributed by atoms with Gasteiger partial charge < -0.3 is 0 Å². The minimum atomic E-state index is -0.815. The van der Waals surface area contributed by atoms with E-state index in [1.165, 1.54) is 6.33 Å². The molecule has 3 rings (SSSR count). The van der Waals surface area contributed by atoms with Crippen LogP contribution in [-0.4, -0.2) is 36.1 Å². The third kappa shape index (κ3) is 2.80. The van der Waals surface area contributed by atoms with Crippen molar-refractivity contribution >= 4 is 22.8 Å². The molecule has 0 bridgehead atoms. The van der Waals surface area contributed by atoms with Crippen molar-refractivity contribution in [3.05, 3.63) is 40.9 Å². The lowest BCUT2D eigenvalue weighted by Crippen LogP contribution is -2.38. The van der Waals surface area contributed by atoms with Crippen molar-refractivity contribution in [2.75, 3.05) is 5.32 Å². The zero-order valence-electron chi connectivity index (χ0n) is 12.6. The summed E-state index contributed by atoms with van der Waals surface area (Å²) in [6.07, 6.45) is 1.28. The maximum absolute atomic E-state index is 12.6. The number of rotatable bonds is 4. The van der Waals surface area contributed by atoms with Crippen LogP contribution in [0.1, 0.15) is 19.9 Å². The van der Waals surface area contributed by atoms with Gasteiger partial charge in [-0.2, -0.15) is 14.8 Å². The molecule has 1 aromatic carbocycles. The SMILES string of the molecule is CC(C)C(C(=O)Nc1ncn[nH]1)n1nnc2ccccc2c1=O. The second-order valence-corrected chi connectivity index (χ2v) is 5.37. The molecule has 9 nitrogen and oxygen atoms in total. The number of fused-ring (bicyclic) bond motifs is 1. The molecule has 0 fully saturated rings. The molecular weight excluding hydrogens is 298 g/mol. The van der Waals surface area contributed by atoms with Gasteiger partial charge >= 0.3 is 0 Å². The molecule has 0 saturated heterocycles. The summed E-state index contributed by atoms with van der Waals surface area (Å²) in [6.45, 7) is 3.65. The number of anilines is 1. The van der Waals surface area contributed by atoms with Crippen molar-refractivity contribution in [3.63, 3.8) is 0 Å². The quantitative estimate of drug-likeness (QED) is 0.733. The minimum absolute atomic E-state index is 0.175. The zero-order chi connectivity index (χ0) is 16.4. The second kappa shape index (κ2) is 5.95. The number of aromatic amines is 1. The number of aromatic nitrogens is 6. The van der Waals surface area contributed by atoms with Crippen LogP contribution in [0.25, 0.3) is 10.9 Å².